The average molecular weight is 1080 g/mol. The molecule has 1 heterocycles. The highest BCUT2D eigenvalue weighted by Crippen LogP contribution is 2.26. The number of esters is 1. The fourth-order valence-corrected chi connectivity index (χ4v) is 10.7. The fourth-order valence-electron chi connectivity index (χ4n) is 10.7. The Morgan fingerprint density at radius 2 is 0.855 bits per heavy atom. The third-order valence-corrected chi connectivity index (χ3v) is 15.9. The number of aliphatic hydroxyl groups excluding tert-OH is 5. The molecule has 8 unspecified atom stereocenters. The fraction of sp³-hybridized carbons (Fsp3) is 0.938. The minimum absolute atomic E-state index is 0.132. The van der Waals surface area contributed by atoms with E-state index in [1.54, 1.807) is 6.08 Å². The van der Waals surface area contributed by atoms with E-state index in [1.165, 1.54) is 225 Å². The van der Waals surface area contributed by atoms with E-state index in [0.29, 0.717) is 19.3 Å². The lowest BCUT2D eigenvalue weighted by Gasteiger charge is -2.41. The first-order valence-corrected chi connectivity index (χ1v) is 33.0. The Hall–Kier alpha value is -1.60. The normalized spacial score (nSPS) is 19.1. The van der Waals surface area contributed by atoms with Gasteiger partial charge < -0.3 is 45.1 Å². The molecule has 1 amide bonds. The molecule has 450 valence electrons. The molecule has 11 nitrogen and oxygen atoms in total. The quantitative estimate of drug-likeness (QED) is 0.0195. The first-order chi connectivity index (χ1) is 37.2. The minimum Gasteiger partial charge on any atom is -0.454 e. The third-order valence-electron chi connectivity index (χ3n) is 15.9. The number of carbonyl (C=O) groups is 2. The molecule has 6 N–H and O–H groups in total. The van der Waals surface area contributed by atoms with E-state index in [9.17, 15) is 35.1 Å². The molecule has 0 saturated carbocycles. The van der Waals surface area contributed by atoms with Crippen LogP contribution in [-0.2, 0) is 23.8 Å². The van der Waals surface area contributed by atoms with Crippen LogP contribution in [0.2, 0.25) is 0 Å². The number of unbranched alkanes of at least 4 members (excludes halogenated alkanes) is 43. The van der Waals surface area contributed by atoms with Gasteiger partial charge in [-0.05, 0) is 25.7 Å². The van der Waals surface area contributed by atoms with Crippen molar-refractivity contribution in [1.82, 2.24) is 5.32 Å². The number of amides is 1. The minimum atomic E-state index is -1.61. The lowest BCUT2D eigenvalue weighted by atomic mass is 9.99. The van der Waals surface area contributed by atoms with Crippen molar-refractivity contribution >= 4 is 11.9 Å². The van der Waals surface area contributed by atoms with Gasteiger partial charge in [0.1, 0.15) is 24.4 Å². The van der Waals surface area contributed by atoms with Crippen LogP contribution in [0.5, 0.6) is 0 Å². The molecule has 1 aliphatic rings. The van der Waals surface area contributed by atoms with E-state index in [2.05, 4.69) is 26.1 Å². The maximum Gasteiger partial charge on any atom is 0.306 e. The molecule has 0 bridgehead atoms. The van der Waals surface area contributed by atoms with Crippen molar-refractivity contribution in [2.45, 2.75) is 378 Å². The zero-order chi connectivity index (χ0) is 55.4. The van der Waals surface area contributed by atoms with Gasteiger partial charge in [-0.1, -0.05) is 309 Å². The number of carbonyl (C=O) groups excluding carboxylic acids is 2. The molecular weight excluding hydrogens is 955 g/mol. The summed E-state index contributed by atoms with van der Waals surface area (Å²) in [5, 5.41) is 57.0. The van der Waals surface area contributed by atoms with Crippen molar-refractivity contribution in [1.29, 1.82) is 0 Å². The predicted octanol–water partition coefficient (Wildman–Crippen LogP) is 15.9. The van der Waals surface area contributed by atoms with Crippen LogP contribution in [0, 0.1) is 0 Å². The lowest BCUT2D eigenvalue weighted by Crippen LogP contribution is -2.61. The Morgan fingerprint density at radius 3 is 1.24 bits per heavy atom. The summed E-state index contributed by atoms with van der Waals surface area (Å²) in [6.07, 6.45) is 51.1. The van der Waals surface area contributed by atoms with Gasteiger partial charge >= 0.3 is 5.97 Å². The third kappa shape index (κ3) is 41.4. The number of hydrogen-bond donors (Lipinski definition) is 6. The zero-order valence-corrected chi connectivity index (χ0v) is 49.9. The van der Waals surface area contributed by atoms with Gasteiger partial charge in [-0.3, -0.25) is 9.59 Å². The van der Waals surface area contributed by atoms with Crippen LogP contribution in [0.25, 0.3) is 0 Å². The molecular formula is C65H125NO10. The molecule has 0 radical (unpaired) electrons. The Balaban J connectivity index is 2.61. The molecule has 0 aromatic rings. The zero-order valence-electron chi connectivity index (χ0n) is 49.9. The SMILES string of the molecule is CCCCCCCCCCCCC/C=C/C(O)C(COC1OC(CO)C(O)C(O)C1OC(=O)CCCCCCCCCCCCCCCCCCCCCCC)NC(=O)C(O)CCCCCCCCCCCCCCC. The Kier molecular flexibility index (Phi) is 51.5. The smallest absolute Gasteiger partial charge is 0.306 e. The van der Waals surface area contributed by atoms with Crippen LogP contribution >= 0.6 is 0 Å². The summed E-state index contributed by atoms with van der Waals surface area (Å²) in [6, 6.07) is -1.02. The summed E-state index contributed by atoms with van der Waals surface area (Å²) in [6.45, 7) is 5.84. The summed E-state index contributed by atoms with van der Waals surface area (Å²) in [7, 11) is 0. The number of nitrogens with one attached hydrogen (secondary N) is 1. The topological polar surface area (TPSA) is 175 Å². The van der Waals surface area contributed by atoms with Crippen LogP contribution in [0.1, 0.15) is 329 Å². The Labute approximate surface area is 468 Å². The molecule has 1 aliphatic heterocycles. The van der Waals surface area contributed by atoms with Crippen molar-refractivity contribution in [2.24, 2.45) is 0 Å². The highest BCUT2D eigenvalue weighted by Gasteiger charge is 2.47. The maximum atomic E-state index is 13.4. The number of hydrogen-bond acceptors (Lipinski definition) is 10. The van der Waals surface area contributed by atoms with Crippen molar-refractivity contribution in [3.63, 3.8) is 0 Å². The van der Waals surface area contributed by atoms with Crippen LogP contribution in [-0.4, -0.2) is 99.6 Å². The van der Waals surface area contributed by atoms with Gasteiger partial charge in [0.15, 0.2) is 12.4 Å². The summed E-state index contributed by atoms with van der Waals surface area (Å²) in [5.41, 5.74) is 0. The second-order valence-electron chi connectivity index (χ2n) is 23.2. The van der Waals surface area contributed by atoms with Crippen molar-refractivity contribution in [2.75, 3.05) is 13.2 Å². The molecule has 11 heteroatoms. The first kappa shape index (κ1) is 72.4. The van der Waals surface area contributed by atoms with Crippen molar-refractivity contribution < 1.29 is 49.3 Å². The van der Waals surface area contributed by atoms with E-state index < -0.39 is 67.4 Å². The van der Waals surface area contributed by atoms with Crippen LogP contribution in [0.15, 0.2) is 12.2 Å². The Bertz CT molecular complexity index is 1290. The Morgan fingerprint density at radius 1 is 0.500 bits per heavy atom. The van der Waals surface area contributed by atoms with Crippen molar-refractivity contribution in [3.05, 3.63) is 12.2 Å². The summed E-state index contributed by atoms with van der Waals surface area (Å²) in [5.74, 6) is -1.17. The van der Waals surface area contributed by atoms with Crippen molar-refractivity contribution in [3.8, 4) is 0 Å². The van der Waals surface area contributed by atoms with Gasteiger partial charge in [0.25, 0.3) is 0 Å². The molecule has 0 aliphatic carbocycles. The van der Waals surface area contributed by atoms with Gasteiger partial charge in [-0.2, -0.15) is 0 Å². The molecule has 76 heavy (non-hydrogen) atoms. The molecule has 0 aromatic carbocycles. The molecule has 0 spiro atoms. The standard InChI is InChI=1S/C65H125NO10/c1-4-7-10-13-16-19-22-25-26-27-28-29-30-31-32-35-38-41-44-47-50-53-60(70)76-63-62(72)61(71)59(54-67)75-65(63)74-55-56(57(68)51-48-45-42-39-36-33-23-20-17-14-11-8-5-2)66-64(73)58(69)52-49-46-43-40-37-34-24-21-18-15-12-9-6-3/h48,51,56-59,61-63,65,67-69,71-72H,4-47,49-50,52-55H2,1-3H3,(H,66,73)/b51-48+. The highest BCUT2D eigenvalue weighted by molar-refractivity contribution is 5.80. The summed E-state index contributed by atoms with van der Waals surface area (Å²) >= 11 is 0. The molecule has 0 aromatic heterocycles. The molecule has 1 saturated heterocycles. The van der Waals surface area contributed by atoms with Gasteiger partial charge in [0.05, 0.1) is 25.4 Å². The molecule has 1 rings (SSSR count). The van der Waals surface area contributed by atoms with Crippen LogP contribution in [0.3, 0.4) is 0 Å². The second kappa shape index (κ2) is 54.0. The number of aliphatic hydroxyl groups is 5. The van der Waals surface area contributed by atoms with Gasteiger partial charge in [0, 0.05) is 6.42 Å². The van der Waals surface area contributed by atoms with E-state index in [1.807, 2.05) is 6.08 Å². The lowest BCUT2D eigenvalue weighted by molar-refractivity contribution is -0.305. The molecule has 1 fully saturated rings. The van der Waals surface area contributed by atoms with E-state index in [0.717, 1.165) is 57.8 Å². The van der Waals surface area contributed by atoms with E-state index in [-0.39, 0.29) is 13.0 Å². The number of ether oxygens (including phenoxy) is 3. The first-order valence-electron chi connectivity index (χ1n) is 33.0. The second-order valence-corrected chi connectivity index (χ2v) is 23.2. The van der Waals surface area contributed by atoms with E-state index >= 15 is 0 Å². The van der Waals surface area contributed by atoms with Gasteiger partial charge in [0.2, 0.25) is 5.91 Å². The summed E-state index contributed by atoms with van der Waals surface area (Å²) < 4.78 is 17.7. The maximum absolute atomic E-state index is 13.4. The van der Waals surface area contributed by atoms with Gasteiger partial charge in [-0.25, -0.2) is 0 Å². The van der Waals surface area contributed by atoms with Crippen LogP contribution < -0.4 is 5.32 Å². The number of rotatable bonds is 57. The average Bonchev–Trinajstić information content (AvgIpc) is 3.42. The van der Waals surface area contributed by atoms with E-state index in [4.69, 9.17) is 14.2 Å². The molecule has 8 atom stereocenters. The summed E-state index contributed by atoms with van der Waals surface area (Å²) in [4.78, 5) is 26.6. The van der Waals surface area contributed by atoms with Crippen LogP contribution in [0.4, 0.5) is 0 Å². The monoisotopic (exact) mass is 1080 g/mol. The largest absolute Gasteiger partial charge is 0.454 e. The van der Waals surface area contributed by atoms with Gasteiger partial charge in [-0.15, -0.1) is 0 Å². The number of allylic oxidation sites excluding steroid dienone is 1. The predicted molar refractivity (Wildman–Crippen MR) is 315 cm³/mol. The highest BCUT2D eigenvalue weighted by atomic mass is 16.7.